The Kier molecular flexibility index (Phi) is 4.94. The Labute approximate surface area is 131 Å². The normalized spacial score (nSPS) is 24.3. The summed E-state index contributed by atoms with van der Waals surface area (Å²) < 4.78 is 1.40. The highest BCUT2D eigenvalue weighted by atomic mass is 32.1. The molecule has 2 aromatic rings. The zero-order chi connectivity index (χ0) is 14.7. The van der Waals surface area contributed by atoms with E-state index in [1.54, 1.807) is 0 Å². The predicted molar refractivity (Wildman–Crippen MR) is 92.2 cm³/mol. The lowest BCUT2D eigenvalue weighted by atomic mass is 9.75. The molecule has 0 radical (unpaired) electrons. The number of hydrogen-bond donors (Lipinski definition) is 2. The van der Waals surface area contributed by atoms with Gasteiger partial charge in [0.1, 0.15) is 0 Å². The lowest BCUT2D eigenvalue weighted by Gasteiger charge is -2.34. The Hall–Kier alpha value is -0.900. The summed E-state index contributed by atoms with van der Waals surface area (Å²) in [5, 5.41) is 3.53. The zero-order valence-corrected chi connectivity index (χ0v) is 13.7. The molecule has 1 saturated carbocycles. The van der Waals surface area contributed by atoms with Crippen molar-refractivity contribution >= 4 is 21.4 Å². The van der Waals surface area contributed by atoms with E-state index >= 15 is 0 Å². The van der Waals surface area contributed by atoms with Gasteiger partial charge in [0.15, 0.2) is 0 Å². The highest BCUT2D eigenvalue weighted by Gasteiger charge is 2.28. The van der Waals surface area contributed by atoms with Crippen molar-refractivity contribution in [3.8, 4) is 0 Å². The third-order valence-corrected chi connectivity index (χ3v) is 6.06. The van der Waals surface area contributed by atoms with Gasteiger partial charge in [0, 0.05) is 4.70 Å². The lowest BCUT2D eigenvalue weighted by Crippen LogP contribution is -2.35. The van der Waals surface area contributed by atoms with Crippen molar-refractivity contribution in [3.63, 3.8) is 0 Å². The van der Waals surface area contributed by atoms with Gasteiger partial charge in [0.2, 0.25) is 0 Å². The molecule has 3 N–H and O–H groups in total. The van der Waals surface area contributed by atoms with Crippen molar-refractivity contribution in [3.05, 3.63) is 35.2 Å². The molecule has 0 amide bonds. The van der Waals surface area contributed by atoms with Gasteiger partial charge in [0.05, 0.1) is 6.04 Å². The van der Waals surface area contributed by atoms with Crippen LogP contribution in [-0.4, -0.2) is 0 Å². The van der Waals surface area contributed by atoms with Crippen LogP contribution in [0.3, 0.4) is 0 Å². The number of rotatable bonds is 5. The molecule has 0 saturated heterocycles. The maximum absolute atomic E-state index is 5.94. The Morgan fingerprint density at radius 2 is 2.05 bits per heavy atom. The van der Waals surface area contributed by atoms with E-state index in [0.717, 1.165) is 5.92 Å². The molecule has 0 bridgehead atoms. The lowest BCUT2D eigenvalue weighted by molar-refractivity contribution is 0.216. The van der Waals surface area contributed by atoms with Gasteiger partial charge in [-0.2, -0.15) is 0 Å². The van der Waals surface area contributed by atoms with E-state index in [0.29, 0.717) is 12.0 Å². The van der Waals surface area contributed by atoms with Crippen LogP contribution in [0.2, 0.25) is 0 Å². The van der Waals surface area contributed by atoms with E-state index in [-0.39, 0.29) is 0 Å². The van der Waals surface area contributed by atoms with E-state index in [1.165, 1.54) is 54.2 Å². The average Bonchev–Trinajstić information content (AvgIpc) is 2.99. The van der Waals surface area contributed by atoms with Gasteiger partial charge in [-0.3, -0.25) is 11.3 Å². The van der Waals surface area contributed by atoms with Crippen LogP contribution in [0, 0.1) is 11.8 Å². The molecular weight excluding hydrogens is 276 g/mol. The molecule has 1 fully saturated rings. The van der Waals surface area contributed by atoms with E-state index < -0.39 is 0 Å². The van der Waals surface area contributed by atoms with Crippen molar-refractivity contribution in [1.82, 2.24) is 5.43 Å². The van der Waals surface area contributed by atoms with Crippen LogP contribution in [-0.2, 0) is 0 Å². The van der Waals surface area contributed by atoms with Gasteiger partial charge in [-0.15, -0.1) is 11.3 Å². The van der Waals surface area contributed by atoms with Crippen molar-refractivity contribution in [1.29, 1.82) is 0 Å². The molecule has 1 atom stereocenters. The highest BCUT2D eigenvalue weighted by molar-refractivity contribution is 7.17. The van der Waals surface area contributed by atoms with E-state index in [4.69, 9.17) is 5.84 Å². The maximum atomic E-state index is 5.94. The smallest absolute Gasteiger partial charge is 0.0502 e. The largest absolute Gasteiger partial charge is 0.271 e. The summed E-state index contributed by atoms with van der Waals surface area (Å²) in [6, 6.07) is 9.12. The monoisotopic (exact) mass is 302 g/mol. The maximum Gasteiger partial charge on any atom is 0.0502 e. The van der Waals surface area contributed by atoms with Gasteiger partial charge in [-0.05, 0) is 47.1 Å². The number of hydrogen-bond acceptors (Lipinski definition) is 3. The number of thiophene rings is 1. The fourth-order valence-electron chi connectivity index (χ4n) is 3.96. The minimum atomic E-state index is 0.301. The number of nitrogens with one attached hydrogen (secondary N) is 1. The molecule has 1 unspecified atom stereocenters. The van der Waals surface area contributed by atoms with Crippen LogP contribution in [0.1, 0.15) is 57.1 Å². The molecule has 3 heteroatoms. The molecule has 1 aromatic carbocycles. The second-order valence-corrected chi connectivity index (χ2v) is 7.32. The molecule has 21 heavy (non-hydrogen) atoms. The van der Waals surface area contributed by atoms with Crippen molar-refractivity contribution in [2.24, 2.45) is 17.7 Å². The third kappa shape index (κ3) is 3.15. The zero-order valence-electron chi connectivity index (χ0n) is 12.8. The number of nitrogens with two attached hydrogens (primary N) is 1. The fraction of sp³-hybridized carbons (Fsp3) is 0.556. The molecule has 1 heterocycles. The highest BCUT2D eigenvalue weighted by Crippen LogP contribution is 2.40. The number of fused-ring (bicyclic) bond motifs is 1. The molecular formula is C18H26N2S. The Bertz CT molecular complexity index is 569. The van der Waals surface area contributed by atoms with Gasteiger partial charge < -0.3 is 0 Å². The van der Waals surface area contributed by atoms with E-state index in [9.17, 15) is 0 Å². The molecule has 1 aliphatic carbocycles. The van der Waals surface area contributed by atoms with Crippen LogP contribution in [0.4, 0.5) is 0 Å². The second-order valence-electron chi connectivity index (χ2n) is 6.40. The van der Waals surface area contributed by atoms with Crippen molar-refractivity contribution < 1.29 is 0 Å². The van der Waals surface area contributed by atoms with Crippen LogP contribution in [0.5, 0.6) is 0 Å². The Morgan fingerprint density at radius 3 is 2.76 bits per heavy atom. The number of benzene rings is 1. The molecule has 0 spiro atoms. The Balaban J connectivity index is 1.78. The minimum absolute atomic E-state index is 0.301. The minimum Gasteiger partial charge on any atom is -0.271 e. The topological polar surface area (TPSA) is 38.0 Å². The van der Waals surface area contributed by atoms with Gasteiger partial charge in [0.25, 0.3) is 0 Å². The first-order valence-electron chi connectivity index (χ1n) is 8.25. The van der Waals surface area contributed by atoms with Gasteiger partial charge >= 0.3 is 0 Å². The summed E-state index contributed by atoms with van der Waals surface area (Å²) in [7, 11) is 0. The summed E-state index contributed by atoms with van der Waals surface area (Å²) in [5.41, 5.74) is 4.52. The molecule has 2 nitrogen and oxygen atoms in total. The average molecular weight is 302 g/mol. The molecule has 0 aliphatic heterocycles. The Morgan fingerprint density at radius 1 is 1.24 bits per heavy atom. The summed E-state index contributed by atoms with van der Waals surface area (Å²) in [6.07, 6.45) is 8.08. The first-order valence-corrected chi connectivity index (χ1v) is 9.13. The van der Waals surface area contributed by atoms with Crippen LogP contribution in [0.15, 0.2) is 29.6 Å². The first kappa shape index (κ1) is 15.0. The molecule has 1 aliphatic rings. The summed E-state index contributed by atoms with van der Waals surface area (Å²) in [4.78, 5) is 0. The quantitative estimate of drug-likeness (QED) is 0.601. The van der Waals surface area contributed by atoms with Gasteiger partial charge in [-0.25, -0.2) is 0 Å². The third-order valence-electron chi connectivity index (χ3n) is 5.08. The first-order chi connectivity index (χ1) is 10.3. The molecule has 114 valence electrons. The van der Waals surface area contributed by atoms with Crippen LogP contribution in [0.25, 0.3) is 10.1 Å². The van der Waals surface area contributed by atoms with E-state index in [1.807, 2.05) is 11.3 Å². The van der Waals surface area contributed by atoms with Gasteiger partial charge in [-0.1, -0.05) is 50.8 Å². The van der Waals surface area contributed by atoms with Crippen LogP contribution >= 0.6 is 11.3 Å². The molecule has 1 aromatic heterocycles. The SMILES string of the molecule is CCCC1CCC(C(NN)c2cccc3ccsc23)CC1. The predicted octanol–water partition coefficient (Wildman–Crippen LogP) is 5.01. The molecule has 3 rings (SSSR count). The second kappa shape index (κ2) is 6.91. The van der Waals surface area contributed by atoms with Crippen molar-refractivity contribution in [2.75, 3.05) is 0 Å². The number of hydrazine groups is 1. The van der Waals surface area contributed by atoms with Crippen molar-refractivity contribution in [2.45, 2.75) is 51.5 Å². The standard InChI is InChI=1S/C18H26N2S/c1-2-4-13-7-9-14(10-8-13)17(20-19)16-6-3-5-15-11-12-21-18(15)16/h3,5-6,11-14,17,20H,2,4,7-10,19H2,1H3. The summed E-state index contributed by atoms with van der Waals surface area (Å²) in [5.74, 6) is 7.57. The summed E-state index contributed by atoms with van der Waals surface area (Å²) in [6.45, 7) is 2.30. The van der Waals surface area contributed by atoms with E-state index in [2.05, 4.69) is 42.0 Å². The van der Waals surface area contributed by atoms with Crippen LogP contribution < -0.4 is 11.3 Å². The summed E-state index contributed by atoms with van der Waals surface area (Å²) >= 11 is 1.83. The fourth-order valence-corrected chi connectivity index (χ4v) is 4.91.